The third-order valence-corrected chi connectivity index (χ3v) is 3.51. The van der Waals surface area contributed by atoms with Gasteiger partial charge in [0.05, 0.1) is 18.3 Å². The molecule has 1 fully saturated rings. The monoisotopic (exact) mass is 227 g/mol. The molecular formula is C9H13N3O2S. The first-order valence-corrected chi connectivity index (χ1v) is 5.72. The number of rotatable bonds is 2. The standard InChI is InChI=1S/C9H13N3O2S/c1-6-8(15-11-10-6)9(14)12-4-2-3-7(12)5-13/h7,13H,2-5H2,1H3/t7-/m0/s1. The minimum Gasteiger partial charge on any atom is -0.394 e. The number of aliphatic hydroxyl groups excluding tert-OH is 1. The first-order valence-electron chi connectivity index (χ1n) is 4.95. The van der Waals surface area contributed by atoms with Crippen LogP contribution >= 0.6 is 11.5 Å². The summed E-state index contributed by atoms with van der Waals surface area (Å²) >= 11 is 1.12. The molecule has 0 bridgehead atoms. The molecule has 1 aliphatic rings. The molecule has 0 unspecified atom stereocenters. The quantitative estimate of drug-likeness (QED) is 0.796. The van der Waals surface area contributed by atoms with Gasteiger partial charge in [-0.3, -0.25) is 4.79 Å². The molecule has 0 saturated carbocycles. The van der Waals surface area contributed by atoms with Gasteiger partial charge in [0.1, 0.15) is 4.88 Å². The van der Waals surface area contributed by atoms with Gasteiger partial charge in [-0.1, -0.05) is 4.49 Å². The van der Waals surface area contributed by atoms with Gasteiger partial charge in [-0.2, -0.15) is 0 Å². The Hall–Kier alpha value is -1.01. The van der Waals surface area contributed by atoms with Gasteiger partial charge < -0.3 is 10.0 Å². The Bertz CT molecular complexity index is 366. The summed E-state index contributed by atoms with van der Waals surface area (Å²) in [4.78, 5) is 14.4. The van der Waals surface area contributed by atoms with Crippen molar-refractivity contribution in [3.8, 4) is 0 Å². The van der Waals surface area contributed by atoms with Crippen molar-refractivity contribution in [3.05, 3.63) is 10.6 Å². The molecule has 1 N–H and O–H groups in total. The lowest BCUT2D eigenvalue weighted by Gasteiger charge is -2.22. The smallest absolute Gasteiger partial charge is 0.267 e. The average molecular weight is 227 g/mol. The van der Waals surface area contributed by atoms with E-state index < -0.39 is 0 Å². The molecule has 1 amide bonds. The second-order valence-corrected chi connectivity index (χ2v) is 4.42. The molecule has 0 radical (unpaired) electrons. The second kappa shape index (κ2) is 4.24. The number of carbonyl (C=O) groups is 1. The van der Waals surface area contributed by atoms with E-state index >= 15 is 0 Å². The molecule has 2 rings (SSSR count). The molecule has 82 valence electrons. The number of hydrogen-bond acceptors (Lipinski definition) is 5. The Morgan fingerprint density at radius 2 is 2.53 bits per heavy atom. The highest BCUT2D eigenvalue weighted by Crippen LogP contribution is 2.21. The summed E-state index contributed by atoms with van der Waals surface area (Å²) in [5, 5.41) is 12.9. The maximum Gasteiger partial charge on any atom is 0.267 e. The van der Waals surface area contributed by atoms with Crippen molar-refractivity contribution in [3.63, 3.8) is 0 Å². The molecule has 0 spiro atoms. The number of aromatic nitrogens is 2. The van der Waals surface area contributed by atoms with E-state index in [-0.39, 0.29) is 18.6 Å². The maximum atomic E-state index is 12.0. The number of likely N-dealkylation sites (tertiary alicyclic amines) is 1. The first-order chi connectivity index (χ1) is 7.24. The number of carbonyl (C=O) groups excluding carboxylic acids is 1. The number of nitrogens with zero attached hydrogens (tertiary/aromatic N) is 3. The fraction of sp³-hybridized carbons (Fsp3) is 0.667. The van der Waals surface area contributed by atoms with Crippen LogP contribution in [0.15, 0.2) is 0 Å². The SMILES string of the molecule is Cc1nnsc1C(=O)N1CCC[C@H]1CO. The van der Waals surface area contributed by atoms with Crippen molar-refractivity contribution >= 4 is 17.4 Å². The highest BCUT2D eigenvalue weighted by molar-refractivity contribution is 7.07. The van der Waals surface area contributed by atoms with Gasteiger partial charge in [-0.05, 0) is 31.3 Å². The molecule has 6 heteroatoms. The molecule has 5 nitrogen and oxygen atoms in total. The van der Waals surface area contributed by atoms with Gasteiger partial charge in [-0.15, -0.1) is 5.10 Å². The highest BCUT2D eigenvalue weighted by Gasteiger charge is 2.30. The minimum absolute atomic E-state index is 0.0287. The third kappa shape index (κ3) is 1.87. The molecule has 0 aromatic carbocycles. The van der Waals surface area contributed by atoms with Crippen LogP contribution in [-0.2, 0) is 0 Å². The van der Waals surface area contributed by atoms with Crippen LogP contribution in [-0.4, -0.2) is 44.7 Å². The van der Waals surface area contributed by atoms with E-state index in [0.29, 0.717) is 10.6 Å². The Labute approximate surface area is 91.9 Å². The van der Waals surface area contributed by atoms with Gasteiger partial charge in [0.25, 0.3) is 5.91 Å². The van der Waals surface area contributed by atoms with E-state index in [1.807, 2.05) is 0 Å². The predicted molar refractivity (Wildman–Crippen MR) is 55.8 cm³/mol. The van der Waals surface area contributed by atoms with Gasteiger partial charge in [-0.25, -0.2) is 0 Å². The molecule has 1 aliphatic heterocycles. The zero-order valence-electron chi connectivity index (χ0n) is 8.51. The summed E-state index contributed by atoms with van der Waals surface area (Å²) in [5.74, 6) is -0.0425. The predicted octanol–water partition coefficient (Wildman–Crippen LogP) is 0.443. The van der Waals surface area contributed by atoms with Crippen LogP contribution in [0.4, 0.5) is 0 Å². The molecule has 0 aliphatic carbocycles. The Balaban J connectivity index is 2.18. The summed E-state index contributed by atoms with van der Waals surface area (Å²) in [6, 6.07) is -0.0287. The van der Waals surface area contributed by atoms with E-state index in [2.05, 4.69) is 9.59 Å². The minimum atomic E-state index is -0.0425. The van der Waals surface area contributed by atoms with E-state index in [4.69, 9.17) is 5.11 Å². The summed E-state index contributed by atoms with van der Waals surface area (Å²) in [6.45, 7) is 2.54. The number of aliphatic hydroxyl groups is 1. The molecule has 2 heterocycles. The van der Waals surface area contributed by atoms with Crippen LogP contribution in [0.5, 0.6) is 0 Å². The van der Waals surface area contributed by atoms with E-state index in [0.717, 1.165) is 30.9 Å². The largest absolute Gasteiger partial charge is 0.394 e. The molecule has 1 atom stereocenters. The van der Waals surface area contributed by atoms with Crippen molar-refractivity contribution in [1.82, 2.24) is 14.5 Å². The zero-order valence-corrected chi connectivity index (χ0v) is 9.33. The Morgan fingerprint density at radius 1 is 1.73 bits per heavy atom. The Kier molecular flexibility index (Phi) is 2.97. The van der Waals surface area contributed by atoms with Crippen LogP contribution in [0.3, 0.4) is 0 Å². The molecule has 1 saturated heterocycles. The van der Waals surface area contributed by atoms with Crippen LogP contribution in [0.25, 0.3) is 0 Å². The summed E-state index contributed by atoms with van der Waals surface area (Å²) in [6.07, 6.45) is 1.84. The van der Waals surface area contributed by atoms with Gasteiger partial charge in [0, 0.05) is 6.54 Å². The van der Waals surface area contributed by atoms with Crippen LogP contribution in [0, 0.1) is 6.92 Å². The molecular weight excluding hydrogens is 214 g/mol. The van der Waals surface area contributed by atoms with E-state index in [1.165, 1.54) is 0 Å². The van der Waals surface area contributed by atoms with Crippen molar-refractivity contribution in [2.45, 2.75) is 25.8 Å². The van der Waals surface area contributed by atoms with E-state index in [1.54, 1.807) is 11.8 Å². The first kappa shape index (κ1) is 10.5. The zero-order chi connectivity index (χ0) is 10.8. The van der Waals surface area contributed by atoms with Crippen LogP contribution < -0.4 is 0 Å². The lowest BCUT2D eigenvalue weighted by molar-refractivity contribution is 0.0681. The van der Waals surface area contributed by atoms with Crippen molar-refractivity contribution in [2.75, 3.05) is 13.2 Å². The van der Waals surface area contributed by atoms with Crippen molar-refractivity contribution < 1.29 is 9.90 Å². The van der Waals surface area contributed by atoms with Gasteiger partial charge in [0.2, 0.25) is 0 Å². The average Bonchev–Trinajstić information content (AvgIpc) is 2.84. The van der Waals surface area contributed by atoms with E-state index in [9.17, 15) is 4.79 Å². The topological polar surface area (TPSA) is 66.3 Å². The molecule has 1 aromatic rings. The molecule has 15 heavy (non-hydrogen) atoms. The lowest BCUT2D eigenvalue weighted by atomic mass is 10.2. The van der Waals surface area contributed by atoms with Crippen molar-refractivity contribution in [1.29, 1.82) is 0 Å². The fourth-order valence-corrected chi connectivity index (χ4v) is 2.46. The second-order valence-electron chi connectivity index (χ2n) is 3.66. The molecule has 1 aromatic heterocycles. The van der Waals surface area contributed by atoms with Gasteiger partial charge >= 0.3 is 0 Å². The summed E-state index contributed by atoms with van der Waals surface area (Å²) < 4.78 is 3.75. The number of aryl methyl sites for hydroxylation is 1. The number of hydrogen-bond donors (Lipinski definition) is 1. The summed E-state index contributed by atoms with van der Waals surface area (Å²) in [7, 11) is 0. The number of amides is 1. The Morgan fingerprint density at radius 3 is 3.13 bits per heavy atom. The fourth-order valence-electron chi connectivity index (χ4n) is 1.85. The van der Waals surface area contributed by atoms with Crippen molar-refractivity contribution in [2.24, 2.45) is 0 Å². The highest BCUT2D eigenvalue weighted by atomic mass is 32.1. The van der Waals surface area contributed by atoms with Crippen LogP contribution in [0.1, 0.15) is 28.2 Å². The van der Waals surface area contributed by atoms with Gasteiger partial charge in [0.15, 0.2) is 0 Å². The van der Waals surface area contributed by atoms with Crippen LogP contribution in [0.2, 0.25) is 0 Å². The maximum absolute atomic E-state index is 12.0. The lowest BCUT2D eigenvalue weighted by Crippen LogP contribution is -2.37. The third-order valence-electron chi connectivity index (χ3n) is 2.69. The normalized spacial score (nSPS) is 20.9. The summed E-state index contributed by atoms with van der Waals surface area (Å²) in [5.41, 5.74) is 0.675.